The van der Waals surface area contributed by atoms with Crippen molar-refractivity contribution in [1.29, 1.82) is 0 Å². The first-order valence-corrected chi connectivity index (χ1v) is 12.6. The number of amides is 1. The van der Waals surface area contributed by atoms with Gasteiger partial charge >= 0.3 is 0 Å². The van der Waals surface area contributed by atoms with E-state index in [-0.39, 0.29) is 17.4 Å². The van der Waals surface area contributed by atoms with Gasteiger partial charge in [0, 0.05) is 30.4 Å². The van der Waals surface area contributed by atoms with Crippen LogP contribution in [0.3, 0.4) is 0 Å². The Morgan fingerprint density at radius 2 is 2.03 bits per heavy atom. The summed E-state index contributed by atoms with van der Waals surface area (Å²) < 4.78 is 1.73. The fourth-order valence-electron chi connectivity index (χ4n) is 4.27. The standard InChI is InChI=1S/C26H29N7OS/c1-26(2,3)24-28-14-22(35-24)23(34)31-21-7-5-6-16-12-17(8-9-19(16)21)20-10-11-27-25(32-20)30-18-13-29-33(4)15-18/h8-15,21H,5-7H2,1-4H3,(H,31,34)(H,27,30,32). The van der Waals surface area contributed by atoms with Crippen molar-refractivity contribution in [2.75, 3.05) is 5.32 Å². The average Bonchev–Trinajstić information content (AvgIpc) is 3.49. The van der Waals surface area contributed by atoms with Crippen LogP contribution in [-0.2, 0) is 18.9 Å². The van der Waals surface area contributed by atoms with Crippen LogP contribution < -0.4 is 10.6 Å². The molecular weight excluding hydrogens is 458 g/mol. The summed E-state index contributed by atoms with van der Waals surface area (Å²) in [7, 11) is 1.87. The quantitative estimate of drug-likeness (QED) is 0.402. The molecule has 180 valence electrons. The van der Waals surface area contributed by atoms with E-state index in [9.17, 15) is 4.79 Å². The van der Waals surface area contributed by atoms with E-state index in [2.05, 4.69) is 64.7 Å². The molecule has 1 amide bonds. The van der Waals surface area contributed by atoms with Crippen LogP contribution in [0, 0.1) is 0 Å². The van der Waals surface area contributed by atoms with Crippen molar-refractivity contribution < 1.29 is 4.79 Å². The molecule has 1 unspecified atom stereocenters. The van der Waals surface area contributed by atoms with E-state index in [1.54, 1.807) is 23.3 Å². The summed E-state index contributed by atoms with van der Waals surface area (Å²) in [4.78, 5) is 27.1. The van der Waals surface area contributed by atoms with Gasteiger partial charge in [0.1, 0.15) is 4.88 Å². The Labute approximate surface area is 208 Å². The summed E-state index contributed by atoms with van der Waals surface area (Å²) in [6, 6.07) is 8.29. The zero-order chi connectivity index (χ0) is 24.6. The predicted octanol–water partition coefficient (Wildman–Crippen LogP) is 5.18. The largest absolute Gasteiger partial charge is 0.344 e. The molecule has 4 aromatic rings. The van der Waals surface area contributed by atoms with E-state index in [1.807, 2.05) is 19.3 Å². The van der Waals surface area contributed by atoms with Gasteiger partial charge in [-0.15, -0.1) is 11.3 Å². The second-order valence-corrected chi connectivity index (χ2v) is 10.9. The number of carbonyl (C=O) groups is 1. The molecule has 0 saturated carbocycles. The van der Waals surface area contributed by atoms with E-state index in [0.29, 0.717) is 10.8 Å². The molecule has 0 fully saturated rings. The number of carbonyl (C=O) groups excluding carboxylic acids is 1. The van der Waals surface area contributed by atoms with Crippen LogP contribution in [0.15, 0.2) is 49.1 Å². The lowest BCUT2D eigenvalue weighted by molar-refractivity contribution is 0.0936. The van der Waals surface area contributed by atoms with Gasteiger partial charge in [0.2, 0.25) is 5.95 Å². The molecule has 0 saturated heterocycles. The van der Waals surface area contributed by atoms with Crippen molar-refractivity contribution in [3.05, 3.63) is 70.1 Å². The lowest BCUT2D eigenvalue weighted by Gasteiger charge is -2.26. The first-order valence-electron chi connectivity index (χ1n) is 11.8. The maximum atomic E-state index is 13.0. The molecule has 5 rings (SSSR count). The summed E-state index contributed by atoms with van der Waals surface area (Å²) in [6.07, 6.45) is 9.99. The van der Waals surface area contributed by atoms with E-state index in [4.69, 9.17) is 4.98 Å². The molecule has 0 aliphatic heterocycles. The molecule has 1 atom stereocenters. The van der Waals surface area contributed by atoms with Gasteiger partial charge in [0.25, 0.3) is 5.91 Å². The molecule has 8 nitrogen and oxygen atoms in total. The Balaban J connectivity index is 1.34. The number of rotatable bonds is 5. The summed E-state index contributed by atoms with van der Waals surface area (Å²) in [5.74, 6) is 0.472. The van der Waals surface area contributed by atoms with Crippen molar-refractivity contribution in [2.45, 2.75) is 51.5 Å². The Morgan fingerprint density at radius 3 is 2.77 bits per heavy atom. The Bertz CT molecular complexity index is 1370. The number of nitrogens with one attached hydrogen (secondary N) is 2. The monoisotopic (exact) mass is 487 g/mol. The second kappa shape index (κ2) is 9.22. The van der Waals surface area contributed by atoms with Crippen LogP contribution in [0.25, 0.3) is 11.3 Å². The lowest BCUT2D eigenvalue weighted by Crippen LogP contribution is -2.30. The Morgan fingerprint density at radius 1 is 1.17 bits per heavy atom. The van der Waals surface area contributed by atoms with Gasteiger partial charge in [-0.25, -0.2) is 15.0 Å². The molecule has 1 aliphatic rings. The highest BCUT2D eigenvalue weighted by molar-refractivity contribution is 7.13. The first-order chi connectivity index (χ1) is 16.8. The third-order valence-electron chi connectivity index (χ3n) is 6.05. The molecule has 0 spiro atoms. The molecule has 0 bridgehead atoms. The number of hydrogen-bond donors (Lipinski definition) is 2. The van der Waals surface area contributed by atoms with Crippen molar-refractivity contribution in [2.24, 2.45) is 7.05 Å². The molecule has 2 N–H and O–H groups in total. The summed E-state index contributed by atoms with van der Waals surface area (Å²) in [5, 5.41) is 11.6. The molecule has 9 heteroatoms. The summed E-state index contributed by atoms with van der Waals surface area (Å²) >= 11 is 1.47. The highest BCUT2D eigenvalue weighted by atomic mass is 32.1. The van der Waals surface area contributed by atoms with Crippen molar-refractivity contribution in [3.8, 4) is 11.3 Å². The van der Waals surface area contributed by atoms with Crippen molar-refractivity contribution in [3.63, 3.8) is 0 Å². The van der Waals surface area contributed by atoms with Gasteiger partial charge in [-0.05, 0) is 42.5 Å². The molecule has 1 aliphatic carbocycles. The molecule has 0 radical (unpaired) electrons. The molecule has 35 heavy (non-hydrogen) atoms. The zero-order valence-corrected chi connectivity index (χ0v) is 21.2. The van der Waals surface area contributed by atoms with Crippen LogP contribution in [0.5, 0.6) is 0 Å². The summed E-state index contributed by atoms with van der Waals surface area (Å²) in [6.45, 7) is 6.33. The fourth-order valence-corrected chi connectivity index (χ4v) is 5.15. The highest BCUT2D eigenvalue weighted by Gasteiger charge is 2.25. The molecular formula is C26H29N7OS. The SMILES string of the molecule is Cn1cc(Nc2nccc(-c3ccc4c(c3)CCCC4NC(=O)c3cnc(C(C)(C)C)s3)n2)cn1. The number of aromatic nitrogens is 5. The normalized spacial score (nSPS) is 15.5. The molecule has 3 heterocycles. The predicted molar refractivity (Wildman–Crippen MR) is 138 cm³/mol. The van der Waals surface area contributed by atoms with Gasteiger partial charge in [-0.3, -0.25) is 9.48 Å². The van der Waals surface area contributed by atoms with Crippen LogP contribution in [-0.4, -0.2) is 30.6 Å². The van der Waals surface area contributed by atoms with Gasteiger partial charge in [-0.1, -0.05) is 32.9 Å². The van der Waals surface area contributed by atoms with Crippen LogP contribution in [0.4, 0.5) is 11.6 Å². The minimum Gasteiger partial charge on any atom is -0.344 e. The third kappa shape index (κ3) is 5.09. The lowest BCUT2D eigenvalue weighted by atomic mass is 9.86. The maximum Gasteiger partial charge on any atom is 0.263 e. The minimum absolute atomic E-state index is 0.00584. The van der Waals surface area contributed by atoms with E-state index in [0.717, 1.165) is 41.2 Å². The average molecular weight is 488 g/mol. The fraction of sp³-hybridized carbons (Fsp3) is 0.346. The van der Waals surface area contributed by atoms with E-state index in [1.165, 1.54) is 22.5 Å². The smallest absolute Gasteiger partial charge is 0.263 e. The number of fused-ring (bicyclic) bond motifs is 1. The van der Waals surface area contributed by atoms with Crippen LogP contribution in [0.2, 0.25) is 0 Å². The number of aryl methyl sites for hydroxylation is 2. The van der Waals surface area contributed by atoms with Crippen molar-refractivity contribution in [1.82, 2.24) is 30.0 Å². The van der Waals surface area contributed by atoms with Crippen LogP contribution >= 0.6 is 11.3 Å². The number of benzene rings is 1. The van der Waals surface area contributed by atoms with E-state index < -0.39 is 0 Å². The highest BCUT2D eigenvalue weighted by Crippen LogP contribution is 2.34. The Hall–Kier alpha value is -3.59. The topological polar surface area (TPSA) is 97.6 Å². The Kier molecular flexibility index (Phi) is 6.10. The number of hydrogen-bond acceptors (Lipinski definition) is 7. The second-order valence-electron chi connectivity index (χ2n) is 9.90. The van der Waals surface area contributed by atoms with Gasteiger partial charge in [-0.2, -0.15) is 5.10 Å². The third-order valence-corrected chi connectivity index (χ3v) is 7.47. The van der Waals surface area contributed by atoms with Crippen LogP contribution in [0.1, 0.15) is 65.5 Å². The van der Waals surface area contributed by atoms with Crippen molar-refractivity contribution >= 4 is 28.9 Å². The van der Waals surface area contributed by atoms with Gasteiger partial charge < -0.3 is 10.6 Å². The van der Waals surface area contributed by atoms with Gasteiger partial charge in [0.15, 0.2) is 0 Å². The maximum absolute atomic E-state index is 13.0. The number of anilines is 2. The minimum atomic E-state index is -0.0641. The number of nitrogens with zero attached hydrogens (tertiary/aromatic N) is 5. The summed E-state index contributed by atoms with van der Waals surface area (Å²) in [5.41, 5.74) is 5.08. The number of thiazole rings is 1. The molecule has 1 aromatic carbocycles. The van der Waals surface area contributed by atoms with Gasteiger partial charge in [0.05, 0.1) is 34.8 Å². The zero-order valence-electron chi connectivity index (χ0n) is 20.4. The van der Waals surface area contributed by atoms with E-state index >= 15 is 0 Å². The molecule has 3 aromatic heterocycles. The first kappa shape index (κ1) is 23.2.